The SMILES string of the molecule is O=C(NCCc1ccc([N+](=O)[O-])cc1)NNc1ccccc1. The third-order valence-electron chi connectivity index (χ3n) is 2.94. The van der Waals surface area contributed by atoms with Crippen LogP contribution in [-0.2, 0) is 6.42 Å². The maximum atomic E-state index is 11.6. The van der Waals surface area contributed by atoms with E-state index in [9.17, 15) is 14.9 Å². The minimum atomic E-state index is -0.440. The molecule has 22 heavy (non-hydrogen) atoms. The quantitative estimate of drug-likeness (QED) is 0.564. The lowest BCUT2D eigenvalue weighted by Gasteiger charge is -2.09. The Balaban J connectivity index is 1.69. The molecule has 0 fully saturated rings. The molecule has 2 rings (SSSR count). The van der Waals surface area contributed by atoms with E-state index in [0.29, 0.717) is 13.0 Å². The second-order valence-corrected chi connectivity index (χ2v) is 4.55. The number of anilines is 1. The van der Waals surface area contributed by atoms with Crippen LogP contribution in [-0.4, -0.2) is 17.5 Å². The summed E-state index contributed by atoms with van der Waals surface area (Å²) in [7, 11) is 0. The normalized spacial score (nSPS) is 9.82. The highest BCUT2D eigenvalue weighted by Gasteiger charge is 2.04. The van der Waals surface area contributed by atoms with Gasteiger partial charge in [0.1, 0.15) is 0 Å². The largest absolute Gasteiger partial charge is 0.336 e. The Hall–Kier alpha value is -3.09. The van der Waals surface area contributed by atoms with E-state index in [0.717, 1.165) is 11.3 Å². The summed E-state index contributed by atoms with van der Waals surface area (Å²) in [6.45, 7) is 0.431. The maximum Gasteiger partial charge on any atom is 0.333 e. The molecule has 114 valence electrons. The highest BCUT2D eigenvalue weighted by atomic mass is 16.6. The van der Waals surface area contributed by atoms with Crippen LogP contribution < -0.4 is 16.2 Å². The molecule has 0 unspecified atom stereocenters. The van der Waals surface area contributed by atoms with Crippen LogP contribution in [0, 0.1) is 10.1 Å². The Bertz CT molecular complexity index is 629. The number of benzene rings is 2. The molecule has 2 aromatic carbocycles. The Morgan fingerprint density at radius 3 is 2.36 bits per heavy atom. The van der Waals surface area contributed by atoms with Gasteiger partial charge in [-0.2, -0.15) is 0 Å². The summed E-state index contributed by atoms with van der Waals surface area (Å²) in [4.78, 5) is 21.7. The topological polar surface area (TPSA) is 96.3 Å². The first-order chi connectivity index (χ1) is 10.6. The number of hydrazine groups is 1. The molecule has 0 aliphatic carbocycles. The summed E-state index contributed by atoms with van der Waals surface area (Å²) in [5, 5.41) is 13.2. The van der Waals surface area contributed by atoms with Gasteiger partial charge >= 0.3 is 6.03 Å². The fourth-order valence-corrected chi connectivity index (χ4v) is 1.80. The molecule has 0 atom stereocenters. The van der Waals surface area contributed by atoms with Gasteiger partial charge in [0.2, 0.25) is 0 Å². The zero-order valence-electron chi connectivity index (χ0n) is 11.8. The molecule has 0 aliphatic rings. The van der Waals surface area contributed by atoms with Gasteiger partial charge in [0.25, 0.3) is 5.69 Å². The van der Waals surface area contributed by atoms with E-state index in [1.165, 1.54) is 12.1 Å². The van der Waals surface area contributed by atoms with Crippen molar-refractivity contribution < 1.29 is 9.72 Å². The van der Waals surface area contributed by atoms with Crippen molar-refractivity contribution in [3.63, 3.8) is 0 Å². The molecule has 0 aliphatic heterocycles. The van der Waals surface area contributed by atoms with Gasteiger partial charge in [-0.05, 0) is 24.1 Å². The molecule has 0 radical (unpaired) electrons. The zero-order chi connectivity index (χ0) is 15.8. The lowest BCUT2D eigenvalue weighted by Crippen LogP contribution is -2.39. The van der Waals surface area contributed by atoms with E-state index in [-0.39, 0.29) is 11.7 Å². The van der Waals surface area contributed by atoms with Crippen LogP contribution in [0.4, 0.5) is 16.2 Å². The molecular weight excluding hydrogens is 284 g/mol. The minimum Gasteiger partial charge on any atom is -0.336 e. The summed E-state index contributed by atoms with van der Waals surface area (Å²) >= 11 is 0. The number of carbonyl (C=O) groups is 1. The lowest BCUT2D eigenvalue weighted by atomic mass is 10.1. The van der Waals surface area contributed by atoms with Crippen molar-refractivity contribution in [2.24, 2.45) is 0 Å². The van der Waals surface area contributed by atoms with E-state index in [4.69, 9.17) is 0 Å². The number of nitrogens with zero attached hydrogens (tertiary/aromatic N) is 1. The third-order valence-corrected chi connectivity index (χ3v) is 2.94. The number of rotatable bonds is 6. The number of nitrogens with one attached hydrogen (secondary N) is 3. The Morgan fingerprint density at radius 2 is 1.73 bits per heavy atom. The van der Waals surface area contributed by atoms with Gasteiger partial charge in [0, 0.05) is 18.7 Å². The van der Waals surface area contributed by atoms with Crippen molar-refractivity contribution in [2.45, 2.75) is 6.42 Å². The van der Waals surface area contributed by atoms with Gasteiger partial charge in [-0.15, -0.1) is 0 Å². The highest BCUT2D eigenvalue weighted by Crippen LogP contribution is 2.11. The minimum absolute atomic E-state index is 0.0570. The standard InChI is InChI=1S/C15H16N4O3/c20-15(18-17-13-4-2-1-3-5-13)16-11-10-12-6-8-14(9-7-12)19(21)22/h1-9,17H,10-11H2,(H2,16,18,20). The lowest BCUT2D eigenvalue weighted by molar-refractivity contribution is -0.384. The molecule has 0 spiro atoms. The Morgan fingerprint density at radius 1 is 1.05 bits per heavy atom. The average Bonchev–Trinajstić information content (AvgIpc) is 2.54. The number of nitro groups is 1. The van der Waals surface area contributed by atoms with Crippen molar-refractivity contribution in [1.82, 2.24) is 10.7 Å². The first-order valence-electron chi connectivity index (χ1n) is 6.73. The van der Waals surface area contributed by atoms with Crippen LogP contribution in [0.15, 0.2) is 54.6 Å². The van der Waals surface area contributed by atoms with Gasteiger partial charge in [0.05, 0.1) is 10.6 Å². The Kier molecular flexibility index (Phi) is 5.31. The van der Waals surface area contributed by atoms with Crippen molar-refractivity contribution in [1.29, 1.82) is 0 Å². The second-order valence-electron chi connectivity index (χ2n) is 4.55. The smallest absolute Gasteiger partial charge is 0.333 e. The van der Waals surface area contributed by atoms with Gasteiger partial charge < -0.3 is 5.32 Å². The number of amides is 2. The average molecular weight is 300 g/mol. The molecule has 2 amide bonds. The van der Waals surface area contributed by atoms with Gasteiger partial charge in [0.15, 0.2) is 0 Å². The number of non-ortho nitro benzene ring substituents is 1. The van der Waals surface area contributed by atoms with Crippen LogP contribution in [0.3, 0.4) is 0 Å². The summed E-state index contributed by atoms with van der Waals surface area (Å²) in [6, 6.07) is 15.2. The number of nitro benzene ring substituents is 1. The molecular formula is C15H16N4O3. The van der Waals surface area contributed by atoms with Crippen LogP contribution in [0.2, 0.25) is 0 Å². The van der Waals surface area contributed by atoms with Gasteiger partial charge in [-0.25, -0.2) is 4.79 Å². The monoisotopic (exact) mass is 300 g/mol. The van der Waals surface area contributed by atoms with E-state index in [2.05, 4.69) is 16.2 Å². The summed E-state index contributed by atoms with van der Waals surface area (Å²) in [5.41, 5.74) is 7.06. The van der Waals surface area contributed by atoms with Crippen LogP contribution in [0.25, 0.3) is 0 Å². The van der Waals surface area contributed by atoms with Crippen molar-refractivity contribution in [2.75, 3.05) is 12.0 Å². The summed E-state index contributed by atoms with van der Waals surface area (Å²) in [6.07, 6.45) is 0.594. The summed E-state index contributed by atoms with van der Waals surface area (Å²) in [5.74, 6) is 0. The molecule has 0 saturated heterocycles. The van der Waals surface area contributed by atoms with E-state index < -0.39 is 4.92 Å². The molecule has 7 heteroatoms. The first kappa shape index (κ1) is 15.3. The first-order valence-corrected chi connectivity index (χ1v) is 6.73. The van der Waals surface area contributed by atoms with Gasteiger partial charge in [-0.1, -0.05) is 30.3 Å². The molecule has 3 N–H and O–H groups in total. The molecule has 0 saturated carbocycles. The van der Waals surface area contributed by atoms with Gasteiger partial charge in [-0.3, -0.25) is 21.0 Å². The fourth-order valence-electron chi connectivity index (χ4n) is 1.80. The molecule has 0 aromatic heterocycles. The predicted octanol–water partition coefficient (Wildman–Crippen LogP) is 2.46. The number of urea groups is 1. The number of hydrogen-bond donors (Lipinski definition) is 3. The van der Waals surface area contributed by atoms with Crippen molar-refractivity contribution >= 4 is 17.4 Å². The van der Waals surface area contributed by atoms with Crippen molar-refractivity contribution in [3.05, 3.63) is 70.3 Å². The zero-order valence-corrected chi connectivity index (χ0v) is 11.8. The van der Waals surface area contributed by atoms with Crippen LogP contribution in [0.5, 0.6) is 0 Å². The molecule has 0 heterocycles. The second kappa shape index (κ2) is 7.63. The van der Waals surface area contributed by atoms with Crippen molar-refractivity contribution in [3.8, 4) is 0 Å². The maximum absolute atomic E-state index is 11.6. The predicted molar refractivity (Wildman–Crippen MR) is 83.4 cm³/mol. The highest BCUT2D eigenvalue weighted by molar-refractivity contribution is 5.75. The van der Waals surface area contributed by atoms with Crippen LogP contribution >= 0.6 is 0 Å². The van der Waals surface area contributed by atoms with E-state index in [1.807, 2.05) is 30.3 Å². The molecule has 7 nitrogen and oxygen atoms in total. The number of carbonyl (C=O) groups excluding carboxylic acids is 1. The fraction of sp³-hybridized carbons (Fsp3) is 0.133. The van der Waals surface area contributed by atoms with E-state index >= 15 is 0 Å². The molecule has 2 aromatic rings. The molecule has 0 bridgehead atoms. The van der Waals surface area contributed by atoms with E-state index in [1.54, 1.807) is 12.1 Å². The number of para-hydroxylation sites is 1. The third kappa shape index (κ3) is 4.78. The summed E-state index contributed by atoms with van der Waals surface area (Å²) < 4.78 is 0. The van der Waals surface area contributed by atoms with Crippen LogP contribution in [0.1, 0.15) is 5.56 Å². The number of hydrogen-bond acceptors (Lipinski definition) is 4. The Labute approximate surface area is 127 Å².